The molecule has 1 aliphatic rings. The van der Waals surface area contributed by atoms with Crippen LogP contribution in [0.1, 0.15) is 22.3 Å². The number of pyridine rings is 1. The lowest BCUT2D eigenvalue weighted by atomic mass is 10.1. The summed E-state index contributed by atoms with van der Waals surface area (Å²) in [4.78, 5) is 19.1. The van der Waals surface area contributed by atoms with Crippen LogP contribution in [0.15, 0.2) is 47.2 Å². The molecule has 1 aliphatic heterocycles. The summed E-state index contributed by atoms with van der Waals surface area (Å²) in [6.45, 7) is 1.35. The van der Waals surface area contributed by atoms with Crippen molar-refractivity contribution in [1.29, 1.82) is 0 Å². The number of hydrogen-bond acceptors (Lipinski definition) is 4. The Hall–Kier alpha value is -2.31. The Balaban J connectivity index is 1.75. The molecule has 23 heavy (non-hydrogen) atoms. The number of fused-ring (bicyclic) bond motifs is 1. The quantitative estimate of drug-likeness (QED) is 0.724. The molecular weight excluding hydrogens is 318 g/mol. The summed E-state index contributed by atoms with van der Waals surface area (Å²) in [5.41, 5.74) is 1.00. The van der Waals surface area contributed by atoms with E-state index in [-0.39, 0.29) is 17.1 Å². The van der Waals surface area contributed by atoms with Gasteiger partial charge < -0.3 is 14.1 Å². The number of rotatable bonds is 2. The summed E-state index contributed by atoms with van der Waals surface area (Å²) >= 11 is 6.22. The van der Waals surface area contributed by atoms with E-state index >= 15 is 0 Å². The summed E-state index contributed by atoms with van der Waals surface area (Å²) in [6.07, 6.45) is 3.37. The van der Waals surface area contributed by atoms with Crippen LogP contribution in [0.4, 0.5) is 0 Å². The molecule has 0 aliphatic carbocycles. The molecule has 0 N–H and O–H groups in total. The van der Waals surface area contributed by atoms with Crippen molar-refractivity contribution in [3.63, 3.8) is 0 Å². The van der Waals surface area contributed by atoms with E-state index in [1.54, 1.807) is 27.8 Å². The molecule has 4 rings (SSSR count). The van der Waals surface area contributed by atoms with Crippen LogP contribution < -0.4 is 0 Å². The molecule has 0 spiro atoms. The van der Waals surface area contributed by atoms with Crippen molar-refractivity contribution >= 4 is 23.2 Å². The number of hydrogen-bond donors (Lipinski definition) is 0. The topological polar surface area (TPSA) is 60.0 Å². The van der Waals surface area contributed by atoms with Crippen molar-refractivity contribution in [3.8, 4) is 0 Å². The molecule has 3 aromatic heterocycles. The van der Waals surface area contributed by atoms with Gasteiger partial charge in [-0.25, -0.2) is 4.98 Å². The highest BCUT2D eigenvalue weighted by atomic mass is 35.5. The Kier molecular flexibility index (Phi) is 3.55. The Morgan fingerprint density at radius 3 is 3.04 bits per heavy atom. The molecule has 1 unspecified atom stereocenters. The summed E-state index contributed by atoms with van der Waals surface area (Å²) in [7, 11) is 0. The fraction of sp³-hybridized carbons (Fsp3) is 0.250. The standard InChI is InChI=1S/C16H14ClN3O3/c17-15-14(20-6-2-1-5-13(20)18-15)16(21)19-7-9-22-10-11(19)12-4-3-8-23-12/h1-6,8,11H,7,9-10H2. The lowest BCUT2D eigenvalue weighted by Gasteiger charge is -2.34. The predicted molar refractivity (Wildman–Crippen MR) is 83.5 cm³/mol. The van der Waals surface area contributed by atoms with Gasteiger partial charge in [0, 0.05) is 12.7 Å². The number of imidazole rings is 1. The van der Waals surface area contributed by atoms with E-state index in [1.807, 2.05) is 24.3 Å². The van der Waals surface area contributed by atoms with E-state index in [4.69, 9.17) is 20.8 Å². The van der Waals surface area contributed by atoms with Gasteiger partial charge >= 0.3 is 0 Å². The minimum absolute atomic E-state index is 0.182. The predicted octanol–water partition coefficient (Wildman–Crippen LogP) is 2.79. The van der Waals surface area contributed by atoms with Crippen LogP contribution in [0.25, 0.3) is 5.65 Å². The van der Waals surface area contributed by atoms with Gasteiger partial charge in [-0.1, -0.05) is 17.7 Å². The number of furan rings is 1. The third-order valence-corrected chi connectivity index (χ3v) is 4.21. The molecule has 0 radical (unpaired) electrons. The summed E-state index contributed by atoms with van der Waals surface area (Å²) < 4.78 is 12.7. The highest BCUT2D eigenvalue weighted by molar-refractivity contribution is 6.32. The Labute approximate surface area is 137 Å². The summed E-state index contributed by atoms with van der Waals surface area (Å²) in [5.74, 6) is 0.515. The number of carbonyl (C=O) groups excluding carboxylic acids is 1. The van der Waals surface area contributed by atoms with Crippen LogP contribution in [0.2, 0.25) is 5.15 Å². The zero-order valence-corrected chi connectivity index (χ0v) is 12.9. The van der Waals surface area contributed by atoms with Crippen molar-refractivity contribution < 1.29 is 13.9 Å². The van der Waals surface area contributed by atoms with Crippen molar-refractivity contribution in [2.45, 2.75) is 6.04 Å². The van der Waals surface area contributed by atoms with Gasteiger partial charge in [0.2, 0.25) is 0 Å². The third-order valence-electron chi connectivity index (χ3n) is 3.95. The summed E-state index contributed by atoms with van der Waals surface area (Å²) in [5, 5.41) is 0.200. The fourth-order valence-electron chi connectivity index (χ4n) is 2.86. The first-order valence-electron chi connectivity index (χ1n) is 7.30. The number of nitrogens with zero attached hydrogens (tertiary/aromatic N) is 3. The van der Waals surface area contributed by atoms with E-state index in [0.29, 0.717) is 36.9 Å². The molecule has 0 aromatic carbocycles. The Morgan fingerprint density at radius 1 is 1.30 bits per heavy atom. The van der Waals surface area contributed by atoms with E-state index in [1.165, 1.54) is 0 Å². The molecule has 1 amide bonds. The van der Waals surface area contributed by atoms with Crippen LogP contribution in [-0.4, -0.2) is 40.0 Å². The molecule has 1 fully saturated rings. The van der Waals surface area contributed by atoms with Crippen molar-refractivity contribution in [1.82, 2.24) is 14.3 Å². The molecule has 1 saturated heterocycles. The van der Waals surface area contributed by atoms with E-state index in [2.05, 4.69) is 4.98 Å². The maximum Gasteiger partial charge on any atom is 0.274 e. The number of amides is 1. The number of aromatic nitrogens is 2. The molecule has 118 valence electrons. The molecule has 4 heterocycles. The van der Waals surface area contributed by atoms with Crippen LogP contribution in [0, 0.1) is 0 Å². The van der Waals surface area contributed by atoms with Gasteiger partial charge in [0.25, 0.3) is 5.91 Å². The smallest absolute Gasteiger partial charge is 0.274 e. The molecular formula is C16H14ClN3O3. The lowest BCUT2D eigenvalue weighted by Crippen LogP contribution is -2.43. The molecule has 1 atom stereocenters. The Bertz CT molecular complexity index is 844. The molecule has 7 heteroatoms. The van der Waals surface area contributed by atoms with Gasteiger partial charge in [-0.3, -0.25) is 9.20 Å². The molecule has 6 nitrogen and oxygen atoms in total. The first kappa shape index (κ1) is 14.3. The number of ether oxygens (including phenoxy) is 1. The lowest BCUT2D eigenvalue weighted by molar-refractivity contribution is -0.00909. The van der Waals surface area contributed by atoms with Crippen molar-refractivity contribution in [2.75, 3.05) is 19.8 Å². The highest BCUT2D eigenvalue weighted by Crippen LogP contribution is 2.28. The minimum Gasteiger partial charge on any atom is -0.467 e. The maximum atomic E-state index is 13.1. The van der Waals surface area contributed by atoms with Gasteiger partial charge in [0.1, 0.15) is 17.4 Å². The van der Waals surface area contributed by atoms with Gasteiger partial charge in [-0.05, 0) is 24.3 Å². The fourth-order valence-corrected chi connectivity index (χ4v) is 3.12. The molecule has 0 bridgehead atoms. The van der Waals surface area contributed by atoms with Crippen LogP contribution in [0.3, 0.4) is 0 Å². The van der Waals surface area contributed by atoms with Crippen molar-refractivity contribution in [3.05, 3.63) is 59.4 Å². The normalized spacial score (nSPS) is 18.5. The summed E-state index contributed by atoms with van der Waals surface area (Å²) in [6, 6.07) is 8.88. The van der Waals surface area contributed by atoms with Crippen LogP contribution in [-0.2, 0) is 4.74 Å². The third kappa shape index (κ3) is 2.40. The second kappa shape index (κ2) is 5.72. The monoisotopic (exact) mass is 331 g/mol. The van der Waals surface area contributed by atoms with Gasteiger partial charge in [0.05, 0.1) is 19.5 Å². The maximum absolute atomic E-state index is 13.1. The van der Waals surface area contributed by atoms with E-state index in [9.17, 15) is 4.79 Å². The molecule has 3 aromatic rings. The molecule has 0 saturated carbocycles. The van der Waals surface area contributed by atoms with Crippen LogP contribution >= 0.6 is 11.6 Å². The zero-order valence-electron chi connectivity index (χ0n) is 12.2. The average molecular weight is 332 g/mol. The second-order valence-electron chi connectivity index (χ2n) is 5.28. The van der Waals surface area contributed by atoms with E-state index in [0.717, 1.165) is 0 Å². The SMILES string of the molecule is O=C(c1c(Cl)nc2ccccn12)N1CCOCC1c1ccco1. The number of carbonyl (C=O) groups is 1. The number of morpholine rings is 1. The average Bonchev–Trinajstić information content (AvgIpc) is 3.21. The van der Waals surface area contributed by atoms with Crippen LogP contribution in [0.5, 0.6) is 0 Å². The minimum atomic E-state index is -0.267. The highest BCUT2D eigenvalue weighted by Gasteiger charge is 2.33. The van der Waals surface area contributed by atoms with E-state index < -0.39 is 0 Å². The first-order chi connectivity index (χ1) is 11.3. The van der Waals surface area contributed by atoms with Gasteiger partial charge in [-0.2, -0.15) is 0 Å². The zero-order chi connectivity index (χ0) is 15.8. The number of halogens is 1. The first-order valence-corrected chi connectivity index (χ1v) is 7.68. The second-order valence-corrected chi connectivity index (χ2v) is 5.64. The van der Waals surface area contributed by atoms with Crippen molar-refractivity contribution in [2.24, 2.45) is 0 Å². The van der Waals surface area contributed by atoms with Gasteiger partial charge in [0.15, 0.2) is 10.8 Å². The Morgan fingerprint density at radius 2 is 2.22 bits per heavy atom. The largest absolute Gasteiger partial charge is 0.467 e. The van der Waals surface area contributed by atoms with Gasteiger partial charge in [-0.15, -0.1) is 0 Å².